The molecule has 1 saturated heterocycles. The summed E-state index contributed by atoms with van der Waals surface area (Å²) >= 11 is 0. The number of benzene rings is 2. The molecule has 18 nitrogen and oxygen atoms in total. The molecule has 10 atom stereocenters. The topological polar surface area (TPSA) is 270 Å². The highest BCUT2D eigenvalue weighted by Gasteiger charge is 2.39. The number of nitrogens with one attached hydrogen (secondary N) is 7. The standard InChI is InChI=1S/C46H67N7O11/c1-9-27(6)39(56)47-35(23-31-18-14-11-15-19-31)43(60)53-38-29(8)64-46(63)36(24-54)51-44(61)37(28(7)55)52-42(59)33(21-26(4)5)48-41(58)34(22-30-16-12-10-13-17-30)49-40(57)32(20-25(2)3)50-45(38)62/h10-19,25-29,32-38,54-55H,9,20-24H2,1-8H3,(H,47,56)(H,48,58)(H,49,57)(H,50,62)(H,51,61)(H,52,59)(H,53,60)/t27-,28+,29+,32-,33-,34-,35-,36+,37-,38-/m1/s1. The fourth-order valence-electron chi connectivity index (χ4n) is 6.91. The summed E-state index contributed by atoms with van der Waals surface area (Å²) < 4.78 is 5.62. The lowest BCUT2D eigenvalue weighted by atomic mass is 9.99. The Balaban J connectivity index is 2.17. The number of amides is 7. The molecular weight excluding hydrogens is 827 g/mol. The smallest absolute Gasteiger partial charge is 0.331 e. The summed E-state index contributed by atoms with van der Waals surface area (Å²) in [6.45, 7) is 12.2. The van der Waals surface area contributed by atoms with Crippen LogP contribution in [0.3, 0.4) is 0 Å². The van der Waals surface area contributed by atoms with E-state index in [9.17, 15) is 48.6 Å². The van der Waals surface area contributed by atoms with Gasteiger partial charge in [0.1, 0.15) is 42.4 Å². The highest BCUT2D eigenvalue weighted by atomic mass is 16.5. The number of rotatable bonds is 15. The molecule has 0 radical (unpaired) electrons. The van der Waals surface area contributed by atoms with Gasteiger partial charge in [-0.15, -0.1) is 0 Å². The van der Waals surface area contributed by atoms with E-state index >= 15 is 0 Å². The lowest BCUT2D eigenvalue weighted by Crippen LogP contribution is -2.62. The Morgan fingerprint density at radius 2 is 1.14 bits per heavy atom. The van der Waals surface area contributed by atoms with Gasteiger partial charge < -0.3 is 52.2 Å². The molecule has 1 aliphatic heterocycles. The van der Waals surface area contributed by atoms with Gasteiger partial charge in [0, 0.05) is 18.8 Å². The van der Waals surface area contributed by atoms with Crippen LogP contribution in [-0.2, 0) is 55.9 Å². The van der Waals surface area contributed by atoms with Gasteiger partial charge in [-0.1, -0.05) is 102 Å². The molecule has 9 N–H and O–H groups in total. The average Bonchev–Trinajstić information content (AvgIpc) is 3.24. The van der Waals surface area contributed by atoms with Crippen molar-refractivity contribution in [2.45, 2.75) is 142 Å². The summed E-state index contributed by atoms with van der Waals surface area (Å²) in [6, 6.07) is 7.26. The molecule has 352 valence electrons. The van der Waals surface area contributed by atoms with Gasteiger partial charge >= 0.3 is 5.97 Å². The van der Waals surface area contributed by atoms with Crippen LogP contribution >= 0.6 is 0 Å². The first kappa shape index (κ1) is 52.5. The molecule has 7 amide bonds. The number of carbonyl (C=O) groups is 8. The Bertz CT molecular complexity index is 1900. The Kier molecular flexibility index (Phi) is 20.8. The number of hydrogen-bond acceptors (Lipinski definition) is 11. The van der Waals surface area contributed by atoms with Gasteiger partial charge in [0.15, 0.2) is 6.04 Å². The zero-order valence-corrected chi connectivity index (χ0v) is 38.0. The van der Waals surface area contributed by atoms with Gasteiger partial charge in [-0.25, -0.2) is 4.79 Å². The molecule has 64 heavy (non-hydrogen) atoms. The van der Waals surface area contributed by atoms with E-state index in [0.29, 0.717) is 17.5 Å². The lowest BCUT2D eigenvalue weighted by molar-refractivity contribution is -0.157. The van der Waals surface area contributed by atoms with Gasteiger partial charge in [-0.3, -0.25) is 33.6 Å². The first-order valence-corrected chi connectivity index (χ1v) is 21.9. The summed E-state index contributed by atoms with van der Waals surface area (Å²) in [5, 5.41) is 39.1. The lowest BCUT2D eigenvalue weighted by Gasteiger charge is -2.30. The molecule has 1 fully saturated rings. The summed E-state index contributed by atoms with van der Waals surface area (Å²) in [4.78, 5) is 111. The molecule has 0 saturated carbocycles. The highest BCUT2D eigenvalue weighted by molar-refractivity contribution is 5.98. The number of carbonyl (C=O) groups excluding carboxylic acids is 8. The van der Waals surface area contributed by atoms with E-state index in [1.807, 2.05) is 6.92 Å². The maximum Gasteiger partial charge on any atom is 0.331 e. The molecule has 2 aromatic rings. The molecule has 0 spiro atoms. The van der Waals surface area contributed by atoms with Crippen LogP contribution in [0, 0.1) is 17.8 Å². The minimum Gasteiger partial charge on any atom is -0.458 e. The third-order valence-electron chi connectivity index (χ3n) is 10.8. The first-order valence-electron chi connectivity index (χ1n) is 21.9. The van der Waals surface area contributed by atoms with Crippen LogP contribution < -0.4 is 37.2 Å². The maximum absolute atomic E-state index is 14.5. The minimum atomic E-state index is -1.79. The minimum absolute atomic E-state index is 0.0121. The number of cyclic esters (lactones) is 1. The zero-order chi connectivity index (χ0) is 47.7. The number of aliphatic hydroxyl groups is 2. The van der Waals surface area contributed by atoms with E-state index in [4.69, 9.17) is 4.74 Å². The summed E-state index contributed by atoms with van der Waals surface area (Å²) in [7, 11) is 0. The van der Waals surface area contributed by atoms with Crippen molar-refractivity contribution in [2.75, 3.05) is 6.61 Å². The normalized spacial score (nSPS) is 24.5. The van der Waals surface area contributed by atoms with Gasteiger partial charge in [0.2, 0.25) is 41.4 Å². The quantitative estimate of drug-likeness (QED) is 0.110. The van der Waals surface area contributed by atoms with Crippen LogP contribution in [0.5, 0.6) is 0 Å². The molecule has 0 bridgehead atoms. The van der Waals surface area contributed by atoms with Crippen molar-refractivity contribution in [2.24, 2.45) is 17.8 Å². The van der Waals surface area contributed by atoms with E-state index in [1.165, 1.54) is 13.8 Å². The van der Waals surface area contributed by atoms with Crippen molar-refractivity contribution in [1.29, 1.82) is 0 Å². The second-order valence-electron chi connectivity index (χ2n) is 17.3. The fourth-order valence-corrected chi connectivity index (χ4v) is 6.91. The molecule has 3 rings (SSSR count). The Morgan fingerprint density at radius 3 is 1.66 bits per heavy atom. The maximum atomic E-state index is 14.5. The molecule has 0 aromatic heterocycles. The van der Waals surface area contributed by atoms with E-state index in [0.717, 1.165) is 0 Å². The molecule has 1 aliphatic rings. The summed E-state index contributed by atoms with van der Waals surface area (Å²) in [5.41, 5.74) is 1.34. The predicted octanol–water partition coefficient (Wildman–Crippen LogP) is 0.322. The third-order valence-corrected chi connectivity index (χ3v) is 10.8. The van der Waals surface area contributed by atoms with Gasteiger partial charge in [-0.05, 0) is 56.1 Å². The summed E-state index contributed by atoms with van der Waals surface area (Å²) in [5.74, 6) is -7.79. The zero-order valence-electron chi connectivity index (χ0n) is 38.0. The Labute approximate surface area is 375 Å². The van der Waals surface area contributed by atoms with E-state index in [1.54, 1.807) is 95.3 Å². The molecule has 18 heteroatoms. The fraction of sp³-hybridized carbons (Fsp3) is 0.565. The summed E-state index contributed by atoms with van der Waals surface area (Å²) in [6.07, 6.45) is -2.51. The molecular formula is C46H67N7O11. The third kappa shape index (κ3) is 16.3. The molecule has 0 aliphatic carbocycles. The largest absolute Gasteiger partial charge is 0.458 e. The molecule has 2 aromatic carbocycles. The Hall–Kier alpha value is -5.88. The van der Waals surface area contributed by atoms with Crippen molar-refractivity contribution >= 4 is 47.3 Å². The predicted molar refractivity (Wildman–Crippen MR) is 236 cm³/mol. The van der Waals surface area contributed by atoms with Crippen molar-refractivity contribution in [3.63, 3.8) is 0 Å². The van der Waals surface area contributed by atoms with Crippen molar-refractivity contribution in [3.8, 4) is 0 Å². The van der Waals surface area contributed by atoms with Crippen molar-refractivity contribution < 1.29 is 53.3 Å². The van der Waals surface area contributed by atoms with Gasteiger partial charge in [0.05, 0.1) is 12.7 Å². The van der Waals surface area contributed by atoms with Crippen molar-refractivity contribution in [1.82, 2.24) is 37.2 Å². The van der Waals surface area contributed by atoms with Gasteiger partial charge in [-0.2, -0.15) is 0 Å². The molecule has 1 heterocycles. The number of aliphatic hydroxyl groups excluding tert-OH is 2. The number of hydrogen-bond donors (Lipinski definition) is 9. The molecule has 0 unspecified atom stereocenters. The average molecular weight is 894 g/mol. The Morgan fingerprint density at radius 1 is 0.656 bits per heavy atom. The van der Waals surface area contributed by atoms with E-state index in [-0.39, 0.29) is 37.5 Å². The van der Waals surface area contributed by atoms with Crippen LogP contribution in [0.1, 0.15) is 85.8 Å². The SMILES string of the molecule is CC[C@@H](C)C(=O)N[C@H](Cc1ccccc1)C(=O)N[C@H]1C(=O)N[C@H](CC(C)C)C(=O)N[C@H](Cc2ccccc2)C(=O)N[C@H](CC(C)C)C(=O)N[C@H]([C@H](C)O)C(=O)N[C@@H](CO)C(=O)O[C@H]1C. The van der Waals surface area contributed by atoms with Crippen LogP contribution in [0.2, 0.25) is 0 Å². The number of ether oxygens (including phenoxy) is 1. The number of esters is 1. The van der Waals surface area contributed by atoms with Crippen LogP contribution in [0.25, 0.3) is 0 Å². The van der Waals surface area contributed by atoms with Gasteiger partial charge in [0.25, 0.3) is 0 Å². The van der Waals surface area contributed by atoms with Crippen LogP contribution in [0.15, 0.2) is 60.7 Å². The first-order chi connectivity index (χ1) is 30.2. The van der Waals surface area contributed by atoms with Crippen molar-refractivity contribution in [3.05, 3.63) is 71.8 Å². The van der Waals surface area contributed by atoms with E-state index in [2.05, 4.69) is 37.2 Å². The van der Waals surface area contributed by atoms with Crippen LogP contribution in [0.4, 0.5) is 0 Å². The highest BCUT2D eigenvalue weighted by Crippen LogP contribution is 2.14. The monoisotopic (exact) mass is 893 g/mol. The van der Waals surface area contributed by atoms with Crippen LogP contribution in [-0.4, -0.2) is 119 Å². The second-order valence-corrected chi connectivity index (χ2v) is 17.3. The second kappa shape index (κ2) is 25.4. The van der Waals surface area contributed by atoms with E-state index < -0.39 is 114 Å².